The molecule has 170 valence electrons. The van der Waals surface area contributed by atoms with Gasteiger partial charge >= 0.3 is 5.97 Å². The zero-order valence-electron chi connectivity index (χ0n) is 17.8. The molecular weight excluding hydrogens is 452 g/mol. The highest BCUT2D eigenvalue weighted by molar-refractivity contribution is 7.99. The third kappa shape index (κ3) is 5.05. The van der Waals surface area contributed by atoms with Crippen LogP contribution in [0.1, 0.15) is 35.0 Å². The molecule has 1 fully saturated rings. The number of thiophene rings is 1. The van der Waals surface area contributed by atoms with Crippen LogP contribution in [0.4, 0.5) is 5.00 Å². The summed E-state index contributed by atoms with van der Waals surface area (Å²) in [5.74, 6) is 0.619. The Morgan fingerprint density at radius 1 is 1.41 bits per heavy atom. The summed E-state index contributed by atoms with van der Waals surface area (Å²) in [6, 6.07) is 5.38. The van der Waals surface area contributed by atoms with E-state index in [1.54, 1.807) is 18.4 Å². The molecule has 0 saturated carbocycles. The van der Waals surface area contributed by atoms with Gasteiger partial charge in [0.15, 0.2) is 10.9 Å². The molecule has 1 N–H and O–H groups in total. The maximum Gasteiger partial charge on any atom is 0.340 e. The fourth-order valence-corrected chi connectivity index (χ4v) is 5.15. The van der Waals surface area contributed by atoms with Crippen molar-refractivity contribution >= 4 is 40.0 Å². The monoisotopic (exact) mass is 476 g/mol. The van der Waals surface area contributed by atoms with E-state index >= 15 is 0 Å². The highest BCUT2D eigenvalue weighted by atomic mass is 32.2. The van der Waals surface area contributed by atoms with Crippen molar-refractivity contribution in [3.05, 3.63) is 34.9 Å². The third-order valence-corrected chi connectivity index (χ3v) is 7.15. The number of amides is 1. The van der Waals surface area contributed by atoms with Crippen LogP contribution in [0, 0.1) is 0 Å². The molecule has 0 aliphatic carbocycles. The van der Waals surface area contributed by atoms with E-state index in [1.165, 1.54) is 30.2 Å². The first kappa shape index (κ1) is 22.6. The molecule has 1 atom stereocenters. The van der Waals surface area contributed by atoms with Gasteiger partial charge in [0.2, 0.25) is 11.7 Å². The number of hydrogen-bond donors (Lipinski definition) is 1. The maximum atomic E-state index is 12.7. The molecule has 32 heavy (non-hydrogen) atoms. The standard InChI is InChI=1S/C21H24N4O5S2/c1-3-14-10-15(20(27)28-2)19(32-14)22-17(26)12-31-21-24-23-18(16-7-5-9-30-16)25(21)11-13-6-4-8-29-13/h5,7,9-10,13H,3-4,6,8,11-12H2,1-2H3,(H,22,26). The van der Waals surface area contributed by atoms with Crippen molar-refractivity contribution in [2.45, 2.75) is 44.0 Å². The summed E-state index contributed by atoms with van der Waals surface area (Å²) >= 11 is 2.65. The number of carbonyl (C=O) groups excluding carboxylic acids is 2. The van der Waals surface area contributed by atoms with Crippen LogP contribution >= 0.6 is 23.1 Å². The zero-order chi connectivity index (χ0) is 22.5. The SMILES string of the molecule is CCc1cc(C(=O)OC)c(NC(=O)CSc2nnc(-c3ccco3)n2CC2CCCO2)s1. The number of nitrogens with zero attached hydrogens (tertiary/aromatic N) is 3. The normalized spacial score (nSPS) is 15.8. The molecule has 1 saturated heterocycles. The van der Waals surface area contributed by atoms with Gasteiger partial charge in [0.1, 0.15) is 5.00 Å². The molecule has 3 aromatic heterocycles. The smallest absolute Gasteiger partial charge is 0.340 e. The maximum absolute atomic E-state index is 12.7. The van der Waals surface area contributed by atoms with E-state index in [1.807, 2.05) is 17.6 Å². The van der Waals surface area contributed by atoms with Gasteiger partial charge < -0.3 is 19.2 Å². The van der Waals surface area contributed by atoms with E-state index < -0.39 is 5.97 Å². The topological polar surface area (TPSA) is 108 Å². The van der Waals surface area contributed by atoms with Crippen molar-refractivity contribution in [3.63, 3.8) is 0 Å². The largest absolute Gasteiger partial charge is 0.465 e. The number of rotatable bonds is 9. The van der Waals surface area contributed by atoms with Crippen molar-refractivity contribution in [1.29, 1.82) is 0 Å². The number of furan rings is 1. The average molecular weight is 477 g/mol. The summed E-state index contributed by atoms with van der Waals surface area (Å²) in [7, 11) is 1.32. The number of aromatic nitrogens is 3. The highest BCUT2D eigenvalue weighted by Crippen LogP contribution is 2.30. The Kier molecular flexibility index (Phi) is 7.28. The summed E-state index contributed by atoms with van der Waals surface area (Å²) < 4.78 is 18.1. The minimum atomic E-state index is -0.469. The van der Waals surface area contributed by atoms with Crippen molar-refractivity contribution in [2.24, 2.45) is 0 Å². The van der Waals surface area contributed by atoms with Gasteiger partial charge in [0.05, 0.1) is 37.3 Å². The van der Waals surface area contributed by atoms with Crippen LogP contribution in [-0.4, -0.2) is 52.2 Å². The molecule has 11 heteroatoms. The Balaban J connectivity index is 1.47. The van der Waals surface area contributed by atoms with Gasteiger partial charge in [0.25, 0.3) is 0 Å². The van der Waals surface area contributed by atoms with Gasteiger partial charge in [0, 0.05) is 11.5 Å². The van der Waals surface area contributed by atoms with Gasteiger partial charge in [-0.3, -0.25) is 9.36 Å². The predicted molar refractivity (Wildman–Crippen MR) is 121 cm³/mol. The fraction of sp³-hybridized carbons (Fsp3) is 0.429. The molecule has 1 aliphatic rings. The number of aryl methyl sites for hydroxylation is 1. The number of carbonyl (C=O) groups is 2. The molecule has 3 aromatic rings. The van der Waals surface area contributed by atoms with Crippen LogP contribution in [0.5, 0.6) is 0 Å². The van der Waals surface area contributed by atoms with Gasteiger partial charge in [-0.1, -0.05) is 18.7 Å². The Hall–Kier alpha value is -2.63. The lowest BCUT2D eigenvalue weighted by Crippen LogP contribution is -2.18. The van der Waals surface area contributed by atoms with Gasteiger partial charge in [-0.2, -0.15) is 0 Å². The van der Waals surface area contributed by atoms with Crippen molar-refractivity contribution < 1.29 is 23.5 Å². The lowest BCUT2D eigenvalue weighted by molar-refractivity contribution is -0.113. The second kappa shape index (κ2) is 10.3. The Morgan fingerprint density at radius 3 is 2.97 bits per heavy atom. The summed E-state index contributed by atoms with van der Waals surface area (Å²) in [4.78, 5) is 25.7. The lowest BCUT2D eigenvalue weighted by atomic mass is 10.2. The second-order valence-electron chi connectivity index (χ2n) is 7.17. The van der Waals surface area contributed by atoms with Crippen LogP contribution in [0.2, 0.25) is 0 Å². The van der Waals surface area contributed by atoms with Crippen LogP contribution < -0.4 is 5.32 Å². The Bertz CT molecular complexity index is 1070. The zero-order valence-corrected chi connectivity index (χ0v) is 19.5. The molecule has 0 radical (unpaired) electrons. The van der Waals surface area contributed by atoms with E-state index in [4.69, 9.17) is 13.9 Å². The molecule has 1 unspecified atom stereocenters. The summed E-state index contributed by atoms with van der Waals surface area (Å²) in [5.41, 5.74) is 0.370. The number of ether oxygens (including phenoxy) is 2. The number of hydrogen-bond acceptors (Lipinski definition) is 9. The Morgan fingerprint density at radius 2 is 2.28 bits per heavy atom. The van der Waals surface area contributed by atoms with Gasteiger partial charge in [-0.15, -0.1) is 21.5 Å². The molecule has 0 spiro atoms. The van der Waals surface area contributed by atoms with Crippen LogP contribution in [0.3, 0.4) is 0 Å². The summed E-state index contributed by atoms with van der Waals surface area (Å²) in [6.07, 6.45) is 4.42. The first-order valence-electron chi connectivity index (χ1n) is 10.3. The minimum Gasteiger partial charge on any atom is -0.465 e. The first-order valence-corrected chi connectivity index (χ1v) is 12.1. The third-order valence-electron chi connectivity index (χ3n) is 4.99. The van der Waals surface area contributed by atoms with Crippen LogP contribution in [-0.2, 0) is 27.2 Å². The van der Waals surface area contributed by atoms with E-state index in [9.17, 15) is 9.59 Å². The molecule has 1 amide bonds. The van der Waals surface area contributed by atoms with Gasteiger partial charge in [-0.05, 0) is 37.5 Å². The average Bonchev–Trinajstić information content (AvgIpc) is 3.59. The van der Waals surface area contributed by atoms with E-state index in [0.29, 0.717) is 33.9 Å². The van der Waals surface area contributed by atoms with Crippen molar-refractivity contribution in [2.75, 3.05) is 24.8 Å². The molecule has 1 aliphatic heterocycles. The number of esters is 1. The quantitative estimate of drug-likeness (QED) is 0.366. The van der Waals surface area contributed by atoms with Crippen molar-refractivity contribution in [3.8, 4) is 11.6 Å². The molecule has 0 bridgehead atoms. The predicted octanol–water partition coefficient (Wildman–Crippen LogP) is 3.86. The number of nitrogens with one attached hydrogen (secondary N) is 1. The van der Waals surface area contributed by atoms with E-state index in [2.05, 4.69) is 15.5 Å². The molecule has 9 nitrogen and oxygen atoms in total. The number of thioether (sulfide) groups is 1. The highest BCUT2D eigenvalue weighted by Gasteiger charge is 2.24. The number of methoxy groups -OCH3 is 1. The van der Waals surface area contributed by atoms with Crippen LogP contribution in [0.25, 0.3) is 11.6 Å². The lowest BCUT2D eigenvalue weighted by Gasteiger charge is -2.13. The Labute approximate surface area is 193 Å². The first-order chi connectivity index (χ1) is 15.6. The number of anilines is 1. The molecule has 0 aromatic carbocycles. The van der Waals surface area contributed by atoms with Crippen LogP contribution in [0.15, 0.2) is 34.0 Å². The van der Waals surface area contributed by atoms with E-state index in [-0.39, 0.29) is 17.8 Å². The van der Waals surface area contributed by atoms with E-state index in [0.717, 1.165) is 30.7 Å². The van der Waals surface area contributed by atoms with Crippen molar-refractivity contribution in [1.82, 2.24) is 14.8 Å². The minimum absolute atomic E-state index is 0.0779. The molecular formula is C21H24N4O5S2. The second-order valence-corrected chi connectivity index (χ2v) is 9.25. The van der Waals surface area contributed by atoms with Gasteiger partial charge in [-0.25, -0.2) is 4.79 Å². The molecule has 4 heterocycles. The fourth-order valence-electron chi connectivity index (χ4n) is 3.40. The molecule has 4 rings (SSSR count). The summed E-state index contributed by atoms with van der Waals surface area (Å²) in [6.45, 7) is 3.33. The summed E-state index contributed by atoms with van der Waals surface area (Å²) in [5, 5.41) is 12.5.